The molecule has 4 rings (SSSR count). The number of carbonyl (C=O) groups excluding carboxylic acids is 2. The minimum Gasteiger partial charge on any atom is -0.350 e. The highest BCUT2D eigenvalue weighted by atomic mass is 16.2. The number of benzene rings is 1. The van der Waals surface area contributed by atoms with E-state index in [-0.39, 0.29) is 17.7 Å². The summed E-state index contributed by atoms with van der Waals surface area (Å²) in [6, 6.07) is 8.98. The predicted molar refractivity (Wildman–Crippen MR) is 91.2 cm³/mol. The summed E-state index contributed by atoms with van der Waals surface area (Å²) in [6.45, 7) is 2.67. The monoisotopic (exact) mass is 320 g/mol. The van der Waals surface area contributed by atoms with Gasteiger partial charge in [-0.3, -0.25) is 14.6 Å². The Morgan fingerprint density at radius 2 is 2.21 bits per heavy atom. The van der Waals surface area contributed by atoms with Crippen molar-refractivity contribution in [1.29, 1.82) is 0 Å². The fourth-order valence-corrected chi connectivity index (χ4v) is 3.12. The zero-order valence-corrected chi connectivity index (χ0v) is 13.1. The van der Waals surface area contributed by atoms with Gasteiger partial charge in [-0.1, -0.05) is 6.92 Å². The number of hydrogen-bond donors (Lipinski definition) is 3. The molecule has 0 bridgehead atoms. The minimum atomic E-state index is -0.201. The van der Waals surface area contributed by atoms with Gasteiger partial charge in [0.05, 0.1) is 11.9 Å². The number of fused-ring (bicyclic) bond motifs is 3. The van der Waals surface area contributed by atoms with Crippen LogP contribution in [0.25, 0.3) is 10.9 Å². The van der Waals surface area contributed by atoms with Gasteiger partial charge in [0, 0.05) is 35.1 Å². The van der Waals surface area contributed by atoms with Crippen LogP contribution in [0.5, 0.6) is 0 Å². The van der Waals surface area contributed by atoms with Crippen molar-refractivity contribution in [1.82, 2.24) is 15.3 Å². The molecule has 24 heavy (non-hydrogen) atoms. The summed E-state index contributed by atoms with van der Waals surface area (Å²) in [4.78, 5) is 31.6. The van der Waals surface area contributed by atoms with Gasteiger partial charge in [-0.05, 0) is 35.9 Å². The normalized spacial score (nSPS) is 16.5. The van der Waals surface area contributed by atoms with Gasteiger partial charge in [0.25, 0.3) is 11.8 Å². The standard InChI is InChI=1S/C18H16N4O2/c1-10-8-20-18(24)16-15(10)13-7-11(4-5-14(13)22-16)17(23)21-12-3-2-6-19-9-12/h2-7,9-10,22H,8H2,1H3,(H,20,24)(H,21,23). The molecule has 1 unspecified atom stereocenters. The van der Waals surface area contributed by atoms with E-state index in [0.717, 1.165) is 16.5 Å². The number of carbonyl (C=O) groups is 2. The Balaban J connectivity index is 1.74. The van der Waals surface area contributed by atoms with Crippen molar-refractivity contribution in [2.75, 3.05) is 11.9 Å². The topological polar surface area (TPSA) is 86.9 Å². The maximum absolute atomic E-state index is 12.5. The lowest BCUT2D eigenvalue weighted by atomic mass is 9.93. The zero-order valence-electron chi connectivity index (χ0n) is 13.1. The number of aromatic nitrogens is 2. The zero-order chi connectivity index (χ0) is 16.7. The summed E-state index contributed by atoms with van der Waals surface area (Å²) in [7, 11) is 0. The van der Waals surface area contributed by atoms with Crippen molar-refractivity contribution in [3.05, 3.63) is 59.5 Å². The lowest BCUT2D eigenvalue weighted by Gasteiger charge is -2.19. The second kappa shape index (κ2) is 5.49. The predicted octanol–water partition coefficient (Wildman–Crippen LogP) is 2.66. The fraction of sp³-hybridized carbons (Fsp3) is 0.167. The van der Waals surface area contributed by atoms with Crippen LogP contribution >= 0.6 is 0 Å². The number of nitrogens with zero attached hydrogens (tertiary/aromatic N) is 1. The van der Waals surface area contributed by atoms with E-state index < -0.39 is 0 Å². The van der Waals surface area contributed by atoms with Crippen molar-refractivity contribution in [2.24, 2.45) is 0 Å². The number of pyridine rings is 1. The number of rotatable bonds is 2. The third-order valence-corrected chi connectivity index (χ3v) is 4.31. The summed E-state index contributed by atoms with van der Waals surface area (Å²) >= 11 is 0. The molecule has 2 amide bonds. The summed E-state index contributed by atoms with van der Waals surface area (Å²) in [6.07, 6.45) is 3.25. The molecule has 3 N–H and O–H groups in total. The third-order valence-electron chi connectivity index (χ3n) is 4.31. The van der Waals surface area contributed by atoms with E-state index in [1.165, 1.54) is 0 Å². The van der Waals surface area contributed by atoms with Crippen LogP contribution in [-0.4, -0.2) is 28.3 Å². The fourth-order valence-electron chi connectivity index (χ4n) is 3.12. The van der Waals surface area contributed by atoms with Crippen molar-refractivity contribution >= 4 is 28.4 Å². The quantitative estimate of drug-likeness (QED) is 0.678. The van der Waals surface area contributed by atoms with E-state index in [4.69, 9.17) is 0 Å². The lowest BCUT2D eigenvalue weighted by molar-refractivity contribution is 0.0936. The van der Waals surface area contributed by atoms with Gasteiger partial charge in [-0.25, -0.2) is 0 Å². The summed E-state index contributed by atoms with van der Waals surface area (Å²) in [5.41, 5.74) is 3.62. The Morgan fingerprint density at radius 3 is 3.00 bits per heavy atom. The maximum atomic E-state index is 12.5. The largest absolute Gasteiger partial charge is 0.350 e. The van der Waals surface area contributed by atoms with Crippen LogP contribution in [0, 0.1) is 0 Å². The third kappa shape index (κ3) is 2.32. The lowest BCUT2D eigenvalue weighted by Crippen LogP contribution is -2.33. The molecule has 3 heterocycles. The summed E-state index contributed by atoms with van der Waals surface area (Å²) in [5.74, 6) is -0.100. The molecule has 0 saturated carbocycles. The average Bonchev–Trinajstić information content (AvgIpc) is 2.99. The van der Waals surface area contributed by atoms with Crippen LogP contribution in [0.1, 0.15) is 39.3 Å². The van der Waals surface area contributed by atoms with Crippen molar-refractivity contribution in [2.45, 2.75) is 12.8 Å². The molecule has 0 saturated heterocycles. The molecule has 6 heteroatoms. The van der Waals surface area contributed by atoms with Crippen LogP contribution in [0.15, 0.2) is 42.7 Å². The molecule has 120 valence electrons. The molecule has 0 aliphatic carbocycles. The highest BCUT2D eigenvalue weighted by Gasteiger charge is 2.27. The highest BCUT2D eigenvalue weighted by molar-refractivity contribution is 6.08. The number of anilines is 1. The van der Waals surface area contributed by atoms with Gasteiger partial charge in [0.15, 0.2) is 0 Å². The minimum absolute atomic E-state index is 0.0966. The Labute approximate surface area is 138 Å². The first-order chi connectivity index (χ1) is 11.6. The van der Waals surface area contributed by atoms with E-state index >= 15 is 0 Å². The van der Waals surface area contributed by atoms with E-state index in [9.17, 15) is 9.59 Å². The smallest absolute Gasteiger partial charge is 0.268 e. The van der Waals surface area contributed by atoms with Crippen molar-refractivity contribution < 1.29 is 9.59 Å². The maximum Gasteiger partial charge on any atom is 0.268 e. The van der Waals surface area contributed by atoms with Crippen LogP contribution in [0.2, 0.25) is 0 Å². The number of amides is 2. The summed E-state index contributed by atoms with van der Waals surface area (Å²) < 4.78 is 0. The molecular formula is C18H16N4O2. The average molecular weight is 320 g/mol. The Hall–Kier alpha value is -3.15. The molecular weight excluding hydrogens is 304 g/mol. The molecule has 0 radical (unpaired) electrons. The van der Waals surface area contributed by atoms with Crippen LogP contribution in [-0.2, 0) is 0 Å². The molecule has 1 atom stereocenters. The second-order valence-electron chi connectivity index (χ2n) is 5.98. The Morgan fingerprint density at radius 1 is 1.33 bits per heavy atom. The van der Waals surface area contributed by atoms with Crippen molar-refractivity contribution in [3.8, 4) is 0 Å². The molecule has 0 spiro atoms. The van der Waals surface area contributed by atoms with Gasteiger partial charge >= 0.3 is 0 Å². The van der Waals surface area contributed by atoms with E-state index in [1.807, 2.05) is 12.1 Å². The van der Waals surface area contributed by atoms with Gasteiger partial charge in [0.1, 0.15) is 5.69 Å². The van der Waals surface area contributed by atoms with Crippen LogP contribution < -0.4 is 10.6 Å². The van der Waals surface area contributed by atoms with Crippen LogP contribution in [0.3, 0.4) is 0 Å². The van der Waals surface area contributed by atoms with E-state index in [2.05, 4.69) is 27.5 Å². The molecule has 6 nitrogen and oxygen atoms in total. The van der Waals surface area contributed by atoms with Crippen LogP contribution in [0.4, 0.5) is 5.69 Å². The molecule has 1 aliphatic heterocycles. The van der Waals surface area contributed by atoms with Gasteiger partial charge in [0.2, 0.25) is 0 Å². The number of aromatic amines is 1. The number of H-pyrrole nitrogens is 1. The molecule has 1 aromatic carbocycles. The molecule has 1 aliphatic rings. The number of hydrogen-bond acceptors (Lipinski definition) is 3. The first kappa shape index (κ1) is 14.4. The first-order valence-electron chi connectivity index (χ1n) is 7.78. The van der Waals surface area contributed by atoms with E-state index in [0.29, 0.717) is 23.5 Å². The Bertz CT molecular complexity index is 946. The second-order valence-corrected chi connectivity index (χ2v) is 5.98. The van der Waals surface area contributed by atoms with Gasteiger partial charge in [-0.15, -0.1) is 0 Å². The Kier molecular flexibility index (Phi) is 3.30. The first-order valence-corrected chi connectivity index (χ1v) is 7.78. The SMILES string of the molecule is CC1CNC(=O)c2[nH]c3ccc(C(=O)Nc4cccnc4)cc3c21. The molecule has 0 fully saturated rings. The van der Waals surface area contributed by atoms with Gasteiger partial charge < -0.3 is 15.6 Å². The van der Waals surface area contributed by atoms with Gasteiger partial charge in [-0.2, -0.15) is 0 Å². The summed E-state index contributed by atoms with van der Waals surface area (Å²) in [5, 5.41) is 6.61. The molecule has 3 aromatic rings. The van der Waals surface area contributed by atoms with Crippen molar-refractivity contribution in [3.63, 3.8) is 0 Å². The highest BCUT2D eigenvalue weighted by Crippen LogP contribution is 2.32. The van der Waals surface area contributed by atoms with E-state index in [1.54, 1.807) is 30.6 Å². The molecule has 2 aromatic heterocycles. The number of nitrogens with one attached hydrogen (secondary N) is 3.